The van der Waals surface area contributed by atoms with E-state index in [0.717, 1.165) is 6.42 Å². The molecule has 1 N–H and O–H groups in total. The van der Waals surface area contributed by atoms with Crippen LogP contribution >= 0.6 is 0 Å². The molecule has 25 heavy (non-hydrogen) atoms. The molecule has 1 aliphatic heterocycles. The van der Waals surface area contributed by atoms with Gasteiger partial charge >= 0.3 is 5.97 Å². The number of hydrogen-bond acceptors (Lipinski definition) is 6. The van der Waals surface area contributed by atoms with E-state index in [-0.39, 0.29) is 37.7 Å². The van der Waals surface area contributed by atoms with E-state index in [1.54, 1.807) is 0 Å². The van der Waals surface area contributed by atoms with Crippen molar-refractivity contribution in [1.82, 2.24) is 10.4 Å². The zero-order valence-corrected chi connectivity index (χ0v) is 15.4. The number of carbonyl (C=O) groups excluding carboxylic acids is 4. The third-order valence-corrected chi connectivity index (χ3v) is 4.08. The van der Waals surface area contributed by atoms with Crippen molar-refractivity contribution in [2.75, 3.05) is 6.61 Å². The van der Waals surface area contributed by atoms with Crippen molar-refractivity contribution < 1.29 is 28.8 Å². The maximum Gasteiger partial charge on any atom is 0.333 e. The first-order chi connectivity index (χ1) is 11.7. The van der Waals surface area contributed by atoms with Gasteiger partial charge in [0.25, 0.3) is 11.8 Å². The second kappa shape index (κ2) is 9.50. The van der Waals surface area contributed by atoms with Gasteiger partial charge in [0.15, 0.2) is 0 Å². The highest BCUT2D eigenvalue weighted by Crippen LogP contribution is 2.16. The van der Waals surface area contributed by atoms with Gasteiger partial charge < -0.3 is 14.9 Å². The number of hydrogen-bond donors (Lipinski definition) is 1. The fourth-order valence-corrected chi connectivity index (χ4v) is 2.27. The van der Waals surface area contributed by atoms with Crippen LogP contribution in [0.5, 0.6) is 0 Å². The number of nitrogens with one attached hydrogen (secondary N) is 1. The van der Waals surface area contributed by atoms with Gasteiger partial charge in [-0.2, -0.15) is 0 Å². The fourth-order valence-electron chi connectivity index (χ4n) is 2.27. The number of ether oxygens (including phenoxy) is 1. The molecule has 1 atom stereocenters. The molecule has 0 radical (unpaired) electrons. The van der Waals surface area contributed by atoms with E-state index in [9.17, 15) is 19.2 Å². The lowest BCUT2D eigenvalue weighted by Gasteiger charge is -2.30. The van der Waals surface area contributed by atoms with Gasteiger partial charge in [0.05, 0.1) is 12.5 Å². The average Bonchev–Trinajstić information content (AvgIpc) is 2.84. The normalized spacial score (nSPS) is 16.9. The van der Waals surface area contributed by atoms with Gasteiger partial charge in [0.2, 0.25) is 5.91 Å². The molecule has 1 aliphatic rings. The Bertz CT molecular complexity index is 503. The second-order valence-corrected chi connectivity index (χ2v) is 6.68. The topological polar surface area (TPSA) is 102 Å². The van der Waals surface area contributed by atoms with Gasteiger partial charge in [-0.05, 0) is 33.6 Å². The molecule has 8 nitrogen and oxygen atoms in total. The average molecular weight is 356 g/mol. The molecule has 0 aromatic carbocycles. The highest BCUT2D eigenvalue weighted by Gasteiger charge is 2.33. The van der Waals surface area contributed by atoms with Crippen molar-refractivity contribution >= 4 is 23.7 Å². The largest absolute Gasteiger partial charge is 0.379 e. The summed E-state index contributed by atoms with van der Waals surface area (Å²) < 4.78 is 5.52. The second-order valence-electron chi connectivity index (χ2n) is 6.68. The summed E-state index contributed by atoms with van der Waals surface area (Å²) in [6, 6.07) is 0. The van der Waals surface area contributed by atoms with E-state index in [2.05, 4.69) is 5.32 Å². The SMILES string of the molecule is CCC(C)(CCOC(C)C)NC(=O)CCC(=O)ON1C(=O)CCC1=O. The maximum atomic E-state index is 12.1. The molecule has 0 saturated carbocycles. The van der Waals surface area contributed by atoms with Crippen LogP contribution in [0.3, 0.4) is 0 Å². The maximum absolute atomic E-state index is 12.1. The molecule has 0 aromatic heterocycles. The van der Waals surface area contributed by atoms with Crippen molar-refractivity contribution in [3.8, 4) is 0 Å². The summed E-state index contributed by atoms with van der Waals surface area (Å²) in [4.78, 5) is 51.3. The molecular weight excluding hydrogens is 328 g/mol. The van der Waals surface area contributed by atoms with E-state index in [0.29, 0.717) is 18.1 Å². The van der Waals surface area contributed by atoms with Crippen LogP contribution in [-0.2, 0) is 28.8 Å². The molecule has 0 aromatic rings. The Balaban J connectivity index is 2.38. The van der Waals surface area contributed by atoms with Crippen molar-refractivity contribution in [2.45, 2.75) is 77.9 Å². The summed E-state index contributed by atoms with van der Waals surface area (Å²) >= 11 is 0. The van der Waals surface area contributed by atoms with Crippen molar-refractivity contribution in [3.05, 3.63) is 0 Å². The van der Waals surface area contributed by atoms with Crippen LogP contribution in [0.25, 0.3) is 0 Å². The first-order valence-electron chi connectivity index (χ1n) is 8.66. The third-order valence-electron chi connectivity index (χ3n) is 4.08. The Labute approximate surface area is 148 Å². The summed E-state index contributed by atoms with van der Waals surface area (Å²) in [6.45, 7) is 8.32. The number of rotatable bonds is 10. The molecule has 0 spiro atoms. The van der Waals surface area contributed by atoms with Gasteiger partial charge in [-0.15, -0.1) is 5.06 Å². The smallest absolute Gasteiger partial charge is 0.333 e. The molecule has 1 fully saturated rings. The monoisotopic (exact) mass is 356 g/mol. The van der Waals surface area contributed by atoms with Gasteiger partial charge in [0, 0.05) is 31.4 Å². The molecule has 1 unspecified atom stereocenters. The van der Waals surface area contributed by atoms with Crippen LogP contribution in [0.2, 0.25) is 0 Å². The van der Waals surface area contributed by atoms with E-state index in [1.807, 2.05) is 27.7 Å². The molecular formula is C17H28N2O6. The molecule has 0 aliphatic carbocycles. The van der Waals surface area contributed by atoms with E-state index in [1.165, 1.54) is 0 Å². The third kappa shape index (κ3) is 7.21. The zero-order valence-electron chi connectivity index (χ0n) is 15.4. The summed E-state index contributed by atoms with van der Waals surface area (Å²) in [6.07, 6.45) is 1.32. The number of nitrogens with zero attached hydrogens (tertiary/aromatic N) is 1. The summed E-state index contributed by atoms with van der Waals surface area (Å²) in [5.74, 6) is -2.14. The minimum atomic E-state index is -0.778. The highest BCUT2D eigenvalue weighted by atomic mass is 16.7. The zero-order chi connectivity index (χ0) is 19.0. The van der Waals surface area contributed by atoms with Crippen molar-refractivity contribution in [1.29, 1.82) is 0 Å². The van der Waals surface area contributed by atoms with Gasteiger partial charge in [-0.3, -0.25) is 14.4 Å². The van der Waals surface area contributed by atoms with Crippen LogP contribution < -0.4 is 5.32 Å². The van der Waals surface area contributed by atoms with E-state index >= 15 is 0 Å². The lowest BCUT2D eigenvalue weighted by molar-refractivity contribution is -0.197. The summed E-state index contributed by atoms with van der Waals surface area (Å²) in [5, 5.41) is 3.39. The fraction of sp³-hybridized carbons (Fsp3) is 0.765. The van der Waals surface area contributed by atoms with Crippen molar-refractivity contribution in [2.24, 2.45) is 0 Å². The van der Waals surface area contributed by atoms with E-state index in [4.69, 9.17) is 9.57 Å². The van der Waals surface area contributed by atoms with Crippen molar-refractivity contribution in [3.63, 3.8) is 0 Å². The molecule has 1 rings (SSSR count). The molecule has 8 heteroatoms. The van der Waals surface area contributed by atoms with Crippen LogP contribution in [0.15, 0.2) is 0 Å². The van der Waals surface area contributed by atoms with Crippen LogP contribution in [0.4, 0.5) is 0 Å². The predicted molar refractivity (Wildman–Crippen MR) is 89.0 cm³/mol. The van der Waals surface area contributed by atoms with Gasteiger partial charge in [-0.25, -0.2) is 4.79 Å². The number of amides is 3. The molecule has 1 heterocycles. The highest BCUT2D eigenvalue weighted by molar-refractivity contribution is 6.01. The van der Waals surface area contributed by atoms with Crippen LogP contribution in [-0.4, -0.2) is 47.0 Å². The Hall–Kier alpha value is -1.96. The van der Waals surface area contributed by atoms with Gasteiger partial charge in [-0.1, -0.05) is 6.92 Å². The molecule has 0 bridgehead atoms. The Morgan fingerprint density at radius 1 is 1.20 bits per heavy atom. The number of imide groups is 1. The molecule has 3 amide bonds. The lowest BCUT2D eigenvalue weighted by Crippen LogP contribution is -2.46. The minimum absolute atomic E-state index is 0.0416. The minimum Gasteiger partial charge on any atom is -0.379 e. The Morgan fingerprint density at radius 3 is 2.32 bits per heavy atom. The Kier molecular flexibility index (Phi) is 8.02. The standard InChI is InChI=1S/C17H28N2O6/c1-5-17(4,10-11-24-12(2)3)18-13(20)6-9-16(23)25-19-14(21)7-8-15(19)22/h12H,5-11H2,1-4H3,(H,18,20). The molecule has 1 saturated heterocycles. The van der Waals surface area contributed by atoms with Crippen LogP contribution in [0.1, 0.15) is 66.2 Å². The lowest BCUT2D eigenvalue weighted by atomic mass is 9.94. The van der Waals surface area contributed by atoms with Gasteiger partial charge in [0.1, 0.15) is 0 Å². The van der Waals surface area contributed by atoms with E-state index < -0.39 is 23.3 Å². The molecule has 142 valence electrons. The van der Waals surface area contributed by atoms with Crippen LogP contribution in [0, 0.1) is 0 Å². The summed E-state index contributed by atoms with van der Waals surface area (Å²) in [5.41, 5.74) is -0.420. The first kappa shape index (κ1) is 21.1. The number of hydroxylamine groups is 2. The predicted octanol–water partition coefficient (Wildman–Crippen LogP) is 1.47. The number of carbonyl (C=O) groups is 4. The first-order valence-corrected chi connectivity index (χ1v) is 8.66. The summed E-state index contributed by atoms with van der Waals surface area (Å²) in [7, 11) is 0. The Morgan fingerprint density at radius 2 is 1.80 bits per heavy atom. The quantitative estimate of drug-likeness (QED) is 0.595.